The third-order valence-electron chi connectivity index (χ3n) is 2.51. The fraction of sp³-hybridized carbons (Fsp3) is 0.308. The Labute approximate surface area is 116 Å². The van der Waals surface area contributed by atoms with Crippen LogP contribution in [0.5, 0.6) is 5.88 Å². The molecular formula is C13H14FNO4S. The van der Waals surface area contributed by atoms with E-state index in [0.717, 1.165) is 0 Å². The standard InChI is InChI=1S/C13H14FNO4S/c1-3-8-20(16,17)19-12-9(2)18-13(15-12)10-4-6-11(14)7-5-10/h4-7H,3,8H2,1-2H3. The lowest BCUT2D eigenvalue weighted by Crippen LogP contribution is -2.13. The van der Waals surface area contributed by atoms with Crippen LogP contribution in [0, 0.1) is 12.7 Å². The second-order valence-electron chi connectivity index (χ2n) is 4.23. The van der Waals surface area contributed by atoms with Crippen LogP contribution in [0.2, 0.25) is 0 Å². The zero-order valence-corrected chi connectivity index (χ0v) is 11.9. The quantitative estimate of drug-likeness (QED) is 0.794. The summed E-state index contributed by atoms with van der Waals surface area (Å²) in [5.74, 6) is -0.115. The van der Waals surface area contributed by atoms with E-state index in [1.54, 1.807) is 13.8 Å². The SMILES string of the molecule is CCCS(=O)(=O)Oc1nc(-c2ccc(F)cc2)oc1C. The lowest BCUT2D eigenvalue weighted by molar-refractivity contribution is 0.463. The minimum absolute atomic E-state index is 0.0854. The van der Waals surface area contributed by atoms with Crippen molar-refractivity contribution < 1.29 is 21.4 Å². The molecule has 2 rings (SSSR count). The fourth-order valence-corrected chi connectivity index (χ4v) is 2.57. The molecule has 7 heteroatoms. The molecule has 1 heterocycles. The van der Waals surface area contributed by atoms with Crippen LogP contribution in [0.4, 0.5) is 4.39 Å². The lowest BCUT2D eigenvalue weighted by atomic mass is 10.2. The fourth-order valence-electron chi connectivity index (χ4n) is 1.59. The van der Waals surface area contributed by atoms with Gasteiger partial charge in [-0.15, -0.1) is 0 Å². The van der Waals surface area contributed by atoms with Gasteiger partial charge >= 0.3 is 10.1 Å². The maximum absolute atomic E-state index is 12.8. The van der Waals surface area contributed by atoms with E-state index in [4.69, 9.17) is 8.60 Å². The van der Waals surface area contributed by atoms with Crippen molar-refractivity contribution >= 4 is 10.1 Å². The van der Waals surface area contributed by atoms with Gasteiger partial charge in [0.2, 0.25) is 5.89 Å². The highest BCUT2D eigenvalue weighted by Gasteiger charge is 2.19. The number of benzene rings is 1. The van der Waals surface area contributed by atoms with E-state index in [2.05, 4.69) is 4.98 Å². The van der Waals surface area contributed by atoms with Crippen molar-refractivity contribution in [2.45, 2.75) is 20.3 Å². The van der Waals surface area contributed by atoms with Gasteiger partial charge in [-0.2, -0.15) is 13.4 Å². The van der Waals surface area contributed by atoms with Crippen molar-refractivity contribution in [3.05, 3.63) is 35.8 Å². The predicted octanol–water partition coefficient (Wildman–Crippen LogP) is 2.91. The highest BCUT2D eigenvalue weighted by atomic mass is 32.2. The third-order valence-corrected chi connectivity index (χ3v) is 3.83. The van der Waals surface area contributed by atoms with Crippen molar-refractivity contribution in [2.75, 3.05) is 5.75 Å². The van der Waals surface area contributed by atoms with E-state index in [9.17, 15) is 12.8 Å². The average Bonchev–Trinajstić information content (AvgIpc) is 2.71. The molecule has 0 saturated carbocycles. The maximum Gasteiger partial charge on any atom is 0.310 e. The van der Waals surface area contributed by atoms with E-state index in [-0.39, 0.29) is 29.1 Å². The Morgan fingerprint density at radius 1 is 1.30 bits per heavy atom. The maximum atomic E-state index is 12.8. The third kappa shape index (κ3) is 3.36. The molecular weight excluding hydrogens is 285 g/mol. The zero-order chi connectivity index (χ0) is 14.8. The molecule has 1 aromatic heterocycles. The predicted molar refractivity (Wildman–Crippen MR) is 71.3 cm³/mol. The zero-order valence-electron chi connectivity index (χ0n) is 11.1. The number of oxazole rings is 1. The average molecular weight is 299 g/mol. The molecule has 0 saturated heterocycles. The van der Waals surface area contributed by atoms with Crippen LogP contribution in [-0.4, -0.2) is 19.2 Å². The summed E-state index contributed by atoms with van der Waals surface area (Å²) in [5, 5.41) is 0. The highest BCUT2D eigenvalue weighted by Crippen LogP contribution is 2.27. The first kappa shape index (κ1) is 14.5. The van der Waals surface area contributed by atoms with Gasteiger partial charge in [-0.1, -0.05) is 6.92 Å². The Morgan fingerprint density at radius 3 is 2.55 bits per heavy atom. The summed E-state index contributed by atoms with van der Waals surface area (Å²) in [6.45, 7) is 3.29. The van der Waals surface area contributed by atoms with Gasteiger partial charge in [0.25, 0.3) is 5.88 Å². The molecule has 0 unspecified atom stereocenters. The second kappa shape index (κ2) is 5.62. The molecule has 5 nitrogen and oxygen atoms in total. The molecule has 20 heavy (non-hydrogen) atoms. The van der Waals surface area contributed by atoms with E-state index < -0.39 is 10.1 Å². The van der Waals surface area contributed by atoms with E-state index in [1.165, 1.54) is 24.3 Å². The molecule has 0 N–H and O–H groups in total. The van der Waals surface area contributed by atoms with Gasteiger partial charge in [0, 0.05) is 5.56 Å². The molecule has 1 aromatic carbocycles. The molecule has 0 aliphatic heterocycles. The summed E-state index contributed by atoms with van der Waals surface area (Å²) in [4.78, 5) is 3.99. The van der Waals surface area contributed by atoms with Crippen LogP contribution < -0.4 is 4.18 Å². The van der Waals surface area contributed by atoms with Crippen LogP contribution in [0.1, 0.15) is 19.1 Å². The van der Waals surface area contributed by atoms with Crippen molar-refractivity contribution in [1.82, 2.24) is 4.98 Å². The number of halogens is 1. The summed E-state index contributed by atoms with van der Waals surface area (Å²) in [5.41, 5.74) is 0.539. The minimum atomic E-state index is -3.67. The van der Waals surface area contributed by atoms with Gasteiger partial charge in [-0.3, -0.25) is 0 Å². The lowest BCUT2D eigenvalue weighted by Gasteiger charge is -2.01. The van der Waals surface area contributed by atoms with Crippen LogP contribution in [0.25, 0.3) is 11.5 Å². The van der Waals surface area contributed by atoms with Crippen molar-refractivity contribution in [3.8, 4) is 17.3 Å². The first-order chi connectivity index (χ1) is 9.41. The van der Waals surface area contributed by atoms with Crippen LogP contribution in [0.3, 0.4) is 0 Å². The number of aryl methyl sites for hydroxylation is 1. The summed E-state index contributed by atoms with van der Waals surface area (Å²) >= 11 is 0. The van der Waals surface area contributed by atoms with Gasteiger partial charge in [0.1, 0.15) is 5.82 Å². The summed E-state index contributed by atoms with van der Waals surface area (Å²) < 4.78 is 46.3. The molecule has 0 amide bonds. The van der Waals surface area contributed by atoms with Gasteiger partial charge in [-0.25, -0.2) is 4.39 Å². The molecule has 0 spiro atoms. The van der Waals surface area contributed by atoms with Gasteiger partial charge in [-0.05, 0) is 37.6 Å². The van der Waals surface area contributed by atoms with Crippen LogP contribution in [0.15, 0.2) is 28.7 Å². The van der Waals surface area contributed by atoms with E-state index >= 15 is 0 Å². The molecule has 108 valence electrons. The number of hydrogen-bond acceptors (Lipinski definition) is 5. The van der Waals surface area contributed by atoms with Gasteiger partial charge < -0.3 is 8.60 Å². The Morgan fingerprint density at radius 2 is 1.95 bits per heavy atom. The molecule has 0 bridgehead atoms. The largest absolute Gasteiger partial charge is 0.437 e. The van der Waals surface area contributed by atoms with Crippen molar-refractivity contribution in [3.63, 3.8) is 0 Å². The second-order valence-corrected chi connectivity index (χ2v) is 5.92. The van der Waals surface area contributed by atoms with Gasteiger partial charge in [0.15, 0.2) is 5.76 Å². The normalized spacial score (nSPS) is 11.6. The number of rotatable bonds is 5. The van der Waals surface area contributed by atoms with E-state index in [1.807, 2.05) is 0 Å². The van der Waals surface area contributed by atoms with Crippen molar-refractivity contribution in [2.24, 2.45) is 0 Å². The first-order valence-corrected chi connectivity index (χ1v) is 7.64. The molecule has 0 radical (unpaired) electrons. The molecule has 0 atom stereocenters. The summed E-state index contributed by atoms with van der Waals surface area (Å²) in [6, 6.07) is 5.52. The Bertz CT molecular complexity index is 692. The molecule has 0 aliphatic rings. The van der Waals surface area contributed by atoms with Crippen molar-refractivity contribution in [1.29, 1.82) is 0 Å². The molecule has 2 aromatic rings. The Hall–Kier alpha value is -1.89. The number of hydrogen-bond donors (Lipinski definition) is 0. The molecule has 0 fully saturated rings. The first-order valence-electron chi connectivity index (χ1n) is 6.07. The number of aromatic nitrogens is 1. The van der Waals surface area contributed by atoms with E-state index in [0.29, 0.717) is 12.0 Å². The highest BCUT2D eigenvalue weighted by molar-refractivity contribution is 7.87. The molecule has 0 aliphatic carbocycles. The topological polar surface area (TPSA) is 69.4 Å². The minimum Gasteiger partial charge on any atom is -0.437 e. The monoisotopic (exact) mass is 299 g/mol. The smallest absolute Gasteiger partial charge is 0.310 e. The van der Waals surface area contributed by atoms with Crippen LogP contribution >= 0.6 is 0 Å². The van der Waals surface area contributed by atoms with Crippen LogP contribution in [-0.2, 0) is 10.1 Å². The Kier molecular flexibility index (Phi) is 4.08. The summed E-state index contributed by atoms with van der Waals surface area (Å²) in [6.07, 6.45) is 0.448. The number of nitrogens with zero attached hydrogens (tertiary/aromatic N) is 1. The summed E-state index contributed by atoms with van der Waals surface area (Å²) in [7, 11) is -3.67. The Balaban J connectivity index is 2.28. The van der Waals surface area contributed by atoms with Gasteiger partial charge in [0.05, 0.1) is 5.75 Å².